The highest BCUT2D eigenvalue weighted by molar-refractivity contribution is 14.1. The first-order valence-corrected chi connectivity index (χ1v) is 6.32. The lowest BCUT2D eigenvalue weighted by molar-refractivity contribution is -0.128. The molecule has 1 saturated heterocycles. The fraction of sp³-hybridized carbons (Fsp3) is 0.364. The van der Waals surface area contributed by atoms with Gasteiger partial charge in [-0.2, -0.15) is 0 Å². The minimum absolute atomic E-state index is 0.0306. The van der Waals surface area contributed by atoms with Crippen molar-refractivity contribution in [2.24, 2.45) is 0 Å². The first kappa shape index (κ1) is 12.3. The third-order valence-electron chi connectivity index (χ3n) is 2.70. The van der Waals surface area contributed by atoms with E-state index in [4.69, 9.17) is 0 Å². The molecule has 1 N–H and O–H groups in total. The second kappa shape index (κ2) is 4.99. The molecule has 2 heterocycles. The van der Waals surface area contributed by atoms with E-state index in [1.54, 1.807) is 24.2 Å². The van der Waals surface area contributed by atoms with Gasteiger partial charge in [0.15, 0.2) is 0 Å². The Morgan fingerprint density at radius 3 is 2.94 bits per heavy atom. The molecule has 0 bridgehead atoms. The molecule has 0 saturated carbocycles. The van der Waals surface area contributed by atoms with Crippen molar-refractivity contribution in [1.82, 2.24) is 15.2 Å². The first-order valence-electron chi connectivity index (χ1n) is 5.24. The number of nitrogens with one attached hydrogen (secondary N) is 1. The maximum atomic E-state index is 11.9. The molecule has 5 nitrogen and oxygen atoms in total. The average Bonchev–Trinajstić information content (AvgIpc) is 2.61. The van der Waals surface area contributed by atoms with Gasteiger partial charge in [0.05, 0.1) is 5.56 Å². The van der Waals surface area contributed by atoms with Crippen LogP contribution in [-0.2, 0) is 4.79 Å². The summed E-state index contributed by atoms with van der Waals surface area (Å²) in [5, 5.41) is 2.73. The SMILES string of the molecule is CN1CC[C@H](NC(=O)c2cncc(I)c2)C1=O. The molecule has 17 heavy (non-hydrogen) atoms. The Morgan fingerprint density at radius 1 is 1.59 bits per heavy atom. The van der Waals surface area contributed by atoms with Crippen LogP contribution in [0.4, 0.5) is 0 Å². The van der Waals surface area contributed by atoms with Crippen molar-refractivity contribution in [2.75, 3.05) is 13.6 Å². The summed E-state index contributed by atoms with van der Waals surface area (Å²) in [6.07, 6.45) is 3.84. The van der Waals surface area contributed by atoms with Crippen LogP contribution in [0.15, 0.2) is 18.5 Å². The standard InChI is InChI=1S/C11H12IN3O2/c1-15-3-2-9(11(15)17)14-10(16)7-4-8(12)6-13-5-7/h4-6,9H,2-3H2,1H3,(H,14,16)/t9-/m0/s1. The molecule has 0 aromatic carbocycles. The molecule has 1 fully saturated rings. The lowest BCUT2D eigenvalue weighted by Gasteiger charge is -2.12. The Labute approximate surface area is 113 Å². The summed E-state index contributed by atoms with van der Waals surface area (Å²) < 4.78 is 0.894. The van der Waals surface area contributed by atoms with Crippen LogP contribution in [0.3, 0.4) is 0 Å². The van der Waals surface area contributed by atoms with Crippen LogP contribution in [0.2, 0.25) is 0 Å². The Bertz CT molecular complexity index is 464. The number of hydrogen-bond donors (Lipinski definition) is 1. The van der Waals surface area contributed by atoms with Crippen LogP contribution in [0.25, 0.3) is 0 Å². The molecule has 0 aliphatic carbocycles. The highest BCUT2D eigenvalue weighted by Crippen LogP contribution is 2.10. The summed E-state index contributed by atoms with van der Waals surface area (Å²) in [6.45, 7) is 0.689. The number of aromatic nitrogens is 1. The zero-order valence-corrected chi connectivity index (χ0v) is 11.5. The van der Waals surface area contributed by atoms with Gasteiger partial charge in [-0.15, -0.1) is 0 Å². The molecule has 1 aromatic heterocycles. The maximum Gasteiger partial charge on any atom is 0.253 e. The number of carbonyl (C=O) groups excluding carboxylic acids is 2. The Kier molecular flexibility index (Phi) is 3.60. The van der Waals surface area contributed by atoms with E-state index in [0.717, 1.165) is 3.57 Å². The molecule has 90 valence electrons. The van der Waals surface area contributed by atoms with E-state index in [9.17, 15) is 9.59 Å². The predicted octanol–water partition coefficient (Wildman–Crippen LogP) is 0.647. The van der Waals surface area contributed by atoms with Gasteiger partial charge in [0, 0.05) is 29.6 Å². The van der Waals surface area contributed by atoms with Crippen molar-refractivity contribution >= 4 is 34.4 Å². The van der Waals surface area contributed by atoms with Crippen LogP contribution < -0.4 is 5.32 Å². The van der Waals surface area contributed by atoms with Crippen LogP contribution >= 0.6 is 22.6 Å². The van der Waals surface area contributed by atoms with Gasteiger partial charge in [0.2, 0.25) is 5.91 Å². The third kappa shape index (κ3) is 2.74. The summed E-state index contributed by atoms with van der Waals surface area (Å²) in [4.78, 5) is 29.1. The molecular formula is C11H12IN3O2. The molecule has 0 radical (unpaired) electrons. The van der Waals surface area contributed by atoms with Crippen molar-refractivity contribution in [3.63, 3.8) is 0 Å². The molecule has 6 heteroatoms. The van der Waals surface area contributed by atoms with E-state index in [1.165, 1.54) is 6.20 Å². The zero-order valence-electron chi connectivity index (χ0n) is 9.31. The Balaban J connectivity index is 2.05. The lowest BCUT2D eigenvalue weighted by Crippen LogP contribution is -2.40. The fourth-order valence-electron chi connectivity index (χ4n) is 1.73. The van der Waals surface area contributed by atoms with Crippen LogP contribution in [0.1, 0.15) is 16.8 Å². The number of likely N-dealkylation sites (tertiary alicyclic amines) is 1. The maximum absolute atomic E-state index is 11.9. The van der Waals surface area contributed by atoms with E-state index in [2.05, 4.69) is 32.9 Å². The van der Waals surface area contributed by atoms with Crippen LogP contribution in [0, 0.1) is 3.57 Å². The highest BCUT2D eigenvalue weighted by Gasteiger charge is 2.30. The summed E-state index contributed by atoms with van der Waals surface area (Å²) in [5.74, 6) is -0.276. The molecule has 0 unspecified atom stereocenters. The van der Waals surface area contributed by atoms with Gasteiger partial charge in [0.1, 0.15) is 6.04 Å². The number of likely N-dealkylation sites (N-methyl/N-ethyl adjacent to an activating group) is 1. The predicted molar refractivity (Wildman–Crippen MR) is 70.5 cm³/mol. The second-order valence-corrected chi connectivity index (χ2v) is 5.21. The lowest BCUT2D eigenvalue weighted by atomic mass is 10.2. The highest BCUT2D eigenvalue weighted by atomic mass is 127. The summed E-state index contributed by atoms with van der Waals surface area (Å²) >= 11 is 2.09. The van der Waals surface area contributed by atoms with Gasteiger partial charge in [-0.05, 0) is 35.1 Å². The van der Waals surface area contributed by atoms with Crippen LogP contribution in [0.5, 0.6) is 0 Å². The molecule has 2 rings (SSSR count). The zero-order chi connectivity index (χ0) is 12.4. The van der Waals surface area contributed by atoms with E-state index in [-0.39, 0.29) is 11.8 Å². The molecule has 2 amide bonds. The van der Waals surface area contributed by atoms with Gasteiger partial charge >= 0.3 is 0 Å². The number of nitrogens with zero attached hydrogens (tertiary/aromatic N) is 2. The monoisotopic (exact) mass is 345 g/mol. The number of hydrogen-bond acceptors (Lipinski definition) is 3. The van der Waals surface area contributed by atoms with Crippen LogP contribution in [-0.4, -0.2) is 41.3 Å². The first-order chi connectivity index (χ1) is 8.08. The molecule has 0 spiro atoms. The van der Waals surface area contributed by atoms with E-state index >= 15 is 0 Å². The second-order valence-electron chi connectivity index (χ2n) is 3.97. The third-order valence-corrected chi connectivity index (χ3v) is 3.29. The molecular weight excluding hydrogens is 333 g/mol. The Morgan fingerprint density at radius 2 is 2.35 bits per heavy atom. The van der Waals surface area contributed by atoms with E-state index < -0.39 is 6.04 Å². The summed E-state index contributed by atoms with van der Waals surface area (Å²) in [7, 11) is 1.74. The largest absolute Gasteiger partial charge is 0.344 e. The van der Waals surface area contributed by atoms with Gasteiger partial charge in [-0.1, -0.05) is 0 Å². The van der Waals surface area contributed by atoms with E-state index in [1.807, 2.05) is 0 Å². The van der Waals surface area contributed by atoms with E-state index in [0.29, 0.717) is 18.5 Å². The normalized spacial score (nSPS) is 19.5. The van der Waals surface area contributed by atoms with Crippen molar-refractivity contribution in [2.45, 2.75) is 12.5 Å². The number of pyridine rings is 1. The number of amides is 2. The van der Waals surface area contributed by atoms with Crippen molar-refractivity contribution in [3.8, 4) is 0 Å². The molecule has 1 aliphatic rings. The van der Waals surface area contributed by atoms with Crippen molar-refractivity contribution < 1.29 is 9.59 Å². The van der Waals surface area contributed by atoms with Crippen molar-refractivity contribution in [3.05, 3.63) is 27.6 Å². The summed E-state index contributed by atoms with van der Waals surface area (Å²) in [5.41, 5.74) is 0.485. The molecule has 1 atom stereocenters. The van der Waals surface area contributed by atoms with Crippen molar-refractivity contribution in [1.29, 1.82) is 0 Å². The minimum atomic E-state index is -0.398. The fourth-order valence-corrected chi connectivity index (χ4v) is 2.23. The Hall–Kier alpha value is -1.18. The van der Waals surface area contributed by atoms with Gasteiger partial charge in [-0.3, -0.25) is 14.6 Å². The molecule has 1 aliphatic heterocycles. The minimum Gasteiger partial charge on any atom is -0.344 e. The topological polar surface area (TPSA) is 62.3 Å². The summed E-state index contributed by atoms with van der Waals surface area (Å²) in [6, 6.07) is 1.34. The van der Waals surface area contributed by atoms with Gasteiger partial charge < -0.3 is 10.2 Å². The number of halogens is 1. The molecule has 1 aromatic rings. The number of rotatable bonds is 2. The quantitative estimate of drug-likeness (QED) is 0.801. The number of carbonyl (C=O) groups is 2. The smallest absolute Gasteiger partial charge is 0.253 e. The average molecular weight is 345 g/mol. The van der Waals surface area contributed by atoms with Gasteiger partial charge in [0.25, 0.3) is 5.91 Å². The van der Waals surface area contributed by atoms with Gasteiger partial charge in [-0.25, -0.2) is 0 Å².